The van der Waals surface area contributed by atoms with E-state index in [9.17, 15) is 0 Å². The Balaban J connectivity index is 2.07. The summed E-state index contributed by atoms with van der Waals surface area (Å²) in [5, 5.41) is 0. The fraction of sp³-hybridized carbons (Fsp3) is 0.333. The van der Waals surface area contributed by atoms with Crippen LogP contribution in [-0.4, -0.2) is 6.04 Å². The molecule has 0 aliphatic heterocycles. The molecule has 2 N–H and O–H groups in total. The van der Waals surface area contributed by atoms with E-state index in [4.69, 9.17) is 10.5 Å². The van der Waals surface area contributed by atoms with Crippen LogP contribution in [0.1, 0.15) is 37.5 Å². The molecule has 0 aliphatic carbocycles. The predicted molar refractivity (Wildman–Crippen MR) is 91.6 cm³/mol. The largest absolute Gasteiger partial charge is 0.485 e. The summed E-state index contributed by atoms with van der Waals surface area (Å²) in [6, 6.07) is 16.6. The lowest BCUT2D eigenvalue weighted by Crippen LogP contribution is -2.21. The van der Waals surface area contributed by atoms with E-state index in [1.165, 1.54) is 11.1 Å². The number of benzene rings is 2. The van der Waals surface area contributed by atoms with Crippen molar-refractivity contribution in [3.05, 3.63) is 64.1 Å². The van der Waals surface area contributed by atoms with E-state index in [1.807, 2.05) is 24.3 Å². The van der Waals surface area contributed by atoms with Gasteiger partial charge in [-0.05, 0) is 59.0 Å². The van der Waals surface area contributed by atoms with Crippen molar-refractivity contribution >= 4 is 15.9 Å². The van der Waals surface area contributed by atoms with Crippen molar-refractivity contribution in [2.45, 2.75) is 38.8 Å². The van der Waals surface area contributed by atoms with Gasteiger partial charge >= 0.3 is 0 Å². The molecule has 3 heteroatoms. The topological polar surface area (TPSA) is 35.2 Å². The highest BCUT2D eigenvalue weighted by Gasteiger charge is 2.10. The fourth-order valence-electron chi connectivity index (χ4n) is 2.20. The zero-order valence-electron chi connectivity index (χ0n) is 12.6. The number of hydrogen-bond donors (Lipinski definition) is 1. The summed E-state index contributed by atoms with van der Waals surface area (Å²) in [6.45, 7) is 4.17. The van der Waals surface area contributed by atoms with Crippen LogP contribution in [0.2, 0.25) is 0 Å². The average molecular weight is 348 g/mol. The highest BCUT2D eigenvalue weighted by Crippen LogP contribution is 2.30. The second-order valence-corrected chi connectivity index (χ2v) is 6.16. The summed E-state index contributed by atoms with van der Waals surface area (Å²) in [5.41, 5.74) is 8.40. The van der Waals surface area contributed by atoms with Gasteiger partial charge in [0, 0.05) is 6.04 Å². The summed E-state index contributed by atoms with van der Waals surface area (Å²) < 4.78 is 7.02. The van der Waals surface area contributed by atoms with Gasteiger partial charge in [-0.2, -0.15) is 0 Å². The lowest BCUT2D eigenvalue weighted by Gasteiger charge is -2.17. The molecule has 0 saturated carbocycles. The van der Waals surface area contributed by atoms with Crippen LogP contribution < -0.4 is 10.5 Å². The summed E-state index contributed by atoms with van der Waals surface area (Å²) >= 11 is 3.59. The number of ether oxygens (including phenoxy) is 1. The molecule has 0 aliphatic rings. The molecule has 2 aromatic rings. The maximum absolute atomic E-state index is 6.04. The van der Waals surface area contributed by atoms with E-state index in [1.54, 1.807) is 0 Å². The SMILES string of the molecule is CCC(N)Cc1ccc(OC(C)c2ccccc2)c(Br)c1. The average Bonchev–Trinajstić information content (AvgIpc) is 2.50. The van der Waals surface area contributed by atoms with Crippen molar-refractivity contribution in [1.29, 1.82) is 0 Å². The van der Waals surface area contributed by atoms with Gasteiger partial charge in [0.2, 0.25) is 0 Å². The van der Waals surface area contributed by atoms with Crippen molar-refractivity contribution < 1.29 is 4.74 Å². The van der Waals surface area contributed by atoms with Crippen molar-refractivity contribution in [1.82, 2.24) is 0 Å². The molecule has 2 nitrogen and oxygen atoms in total. The summed E-state index contributed by atoms with van der Waals surface area (Å²) in [4.78, 5) is 0. The molecule has 21 heavy (non-hydrogen) atoms. The van der Waals surface area contributed by atoms with Crippen molar-refractivity contribution in [2.75, 3.05) is 0 Å². The molecule has 0 fully saturated rings. The molecule has 2 rings (SSSR count). The standard InChI is InChI=1S/C18H22BrNO/c1-3-16(20)11-14-9-10-18(17(19)12-14)21-13(2)15-7-5-4-6-8-15/h4-10,12-13,16H,3,11,20H2,1-2H3. The maximum atomic E-state index is 6.04. The number of rotatable bonds is 6. The first-order valence-electron chi connectivity index (χ1n) is 7.35. The summed E-state index contributed by atoms with van der Waals surface area (Å²) in [5.74, 6) is 0.861. The maximum Gasteiger partial charge on any atom is 0.134 e. The predicted octanol–water partition coefficient (Wildman–Crippen LogP) is 4.87. The van der Waals surface area contributed by atoms with E-state index in [0.717, 1.165) is 23.1 Å². The second kappa shape index (κ2) is 7.62. The van der Waals surface area contributed by atoms with Crippen molar-refractivity contribution in [3.63, 3.8) is 0 Å². The highest BCUT2D eigenvalue weighted by atomic mass is 79.9. The van der Waals surface area contributed by atoms with E-state index in [0.29, 0.717) is 0 Å². The fourth-order valence-corrected chi connectivity index (χ4v) is 2.72. The molecule has 112 valence electrons. The molecular formula is C18H22BrNO. The van der Waals surface area contributed by atoms with Gasteiger partial charge in [0.15, 0.2) is 0 Å². The molecule has 2 aromatic carbocycles. The van der Waals surface area contributed by atoms with Gasteiger partial charge in [0.25, 0.3) is 0 Å². The van der Waals surface area contributed by atoms with Crippen molar-refractivity contribution in [2.24, 2.45) is 5.73 Å². The zero-order chi connectivity index (χ0) is 15.2. The molecule has 0 aromatic heterocycles. The Morgan fingerprint density at radius 1 is 1.14 bits per heavy atom. The van der Waals surface area contributed by atoms with Crippen LogP contribution in [0.5, 0.6) is 5.75 Å². The molecule has 0 saturated heterocycles. The summed E-state index contributed by atoms with van der Waals surface area (Å²) in [6.07, 6.45) is 1.90. The van der Waals surface area contributed by atoms with Gasteiger partial charge in [-0.3, -0.25) is 0 Å². The Hall–Kier alpha value is -1.32. The van der Waals surface area contributed by atoms with Crippen LogP contribution >= 0.6 is 15.9 Å². The quantitative estimate of drug-likeness (QED) is 0.808. The Labute approximate surface area is 135 Å². The van der Waals surface area contributed by atoms with E-state index in [2.05, 4.69) is 54.0 Å². The minimum absolute atomic E-state index is 0.0197. The van der Waals surface area contributed by atoms with Gasteiger partial charge in [-0.1, -0.05) is 43.3 Å². The first kappa shape index (κ1) is 16.1. The van der Waals surface area contributed by atoms with E-state index < -0.39 is 0 Å². The lowest BCUT2D eigenvalue weighted by atomic mass is 10.0. The molecule has 0 spiro atoms. The van der Waals surface area contributed by atoms with E-state index in [-0.39, 0.29) is 12.1 Å². The minimum Gasteiger partial charge on any atom is -0.485 e. The first-order chi connectivity index (χ1) is 10.1. The van der Waals surface area contributed by atoms with Crippen LogP contribution in [-0.2, 0) is 6.42 Å². The zero-order valence-corrected chi connectivity index (χ0v) is 14.1. The monoisotopic (exact) mass is 347 g/mol. The van der Waals surface area contributed by atoms with Crippen LogP contribution in [0, 0.1) is 0 Å². The van der Waals surface area contributed by atoms with Gasteiger partial charge in [-0.25, -0.2) is 0 Å². The molecule has 0 amide bonds. The first-order valence-corrected chi connectivity index (χ1v) is 8.15. The van der Waals surface area contributed by atoms with Crippen LogP contribution in [0.4, 0.5) is 0 Å². The van der Waals surface area contributed by atoms with Crippen molar-refractivity contribution in [3.8, 4) is 5.75 Å². The Morgan fingerprint density at radius 3 is 2.48 bits per heavy atom. The smallest absolute Gasteiger partial charge is 0.134 e. The lowest BCUT2D eigenvalue weighted by molar-refractivity contribution is 0.225. The summed E-state index contributed by atoms with van der Waals surface area (Å²) in [7, 11) is 0. The molecule has 0 bridgehead atoms. The number of halogens is 1. The van der Waals surface area contributed by atoms with Gasteiger partial charge in [0.1, 0.15) is 11.9 Å². The molecule has 2 atom stereocenters. The minimum atomic E-state index is 0.0197. The highest BCUT2D eigenvalue weighted by molar-refractivity contribution is 9.10. The van der Waals surface area contributed by atoms with Gasteiger partial charge in [0.05, 0.1) is 4.47 Å². The molecule has 2 unspecified atom stereocenters. The second-order valence-electron chi connectivity index (χ2n) is 5.31. The van der Waals surface area contributed by atoms with Gasteiger partial charge < -0.3 is 10.5 Å². The number of nitrogens with two attached hydrogens (primary N) is 1. The Kier molecular flexibility index (Phi) is 5.83. The Bertz CT molecular complexity index is 571. The van der Waals surface area contributed by atoms with Gasteiger partial charge in [-0.15, -0.1) is 0 Å². The van der Waals surface area contributed by atoms with Crippen LogP contribution in [0.15, 0.2) is 53.0 Å². The Morgan fingerprint density at radius 2 is 1.86 bits per heavy atom. The number of hydrogen-bond acceptors (Lipinski definition) is 2. The third-order valence-electron chi connectivity index (χ3n) is 3.59. The molecular weight excluding hydrogens is 326 g/mol. The third kappa shape index (κ3) is 4.58. The molecule has 0 radical (unpaired) electrons. The third-order valence-corrected chi connectivity index (χ3v) is 4.21. The molecule has 0 heterocycles. The van der Waals surface area contributed by atoms with Crippen LogP contribution in [0.3, 0.4) is 0 Å². The van der Waals surface area contributed by atoms with E-state index >= 15 is 0 Å². The van der Waals surface area contributed by atoms with Crippen LogP contribution in [0.25, 0.3) is 0 Å². The normalized spacial score (nSPS) is 13.7.